The molecule has 0 bridgehead atoms. The highest BCUT2D eigenvalue weighted by Crippen LogP contribution is 2.34. The van der Waals surface area contributed by atoms with Gasteiger partial charge in [0.1, 0.15) is 11.5 Å². The lowest BCUT2D eigenvalue weighted by Gasteiger charge is -2.32. The van der Waals surface area contributed by atoms with Gasteiger partial charge in [0.2, 0.25) is 10.0 Å². The topological polar surface area (TPSA) is 91.8 Å². The van der Waals surface area contributed by atoms with Crippen molar-refractivity contribution in [2.75, 3.05) is 18.8 Å². The number of rotatable bonds is 4. The first-order valence-corrected chi connectivity index (χ1v) is 10.7. The van der Waals surface area contributed by atoms with Crippen LogP contribution in [0.25, 0.3) is 21.9 Å². The van der Waals surface area contributed by atoms with Crippen molar-refractivity contribution in [1.82, 2.24) is 24.2 Å². The van der Waals surface area contributed by atoms with Crippen molar-refractivity contribution in [2.45, 2.75) is 39.0 Å². The second kappa shape index (κ2) is 6.59. The minimum atomic E-state index is -3.20. The zero-order chi connectivity index (χ0) is 18.3. The van der Waals surface area contributed by atoms with Gasteiger partial charge in [0.15, 0.2) is 0 Å². The Balaban J connectivity index is 1.82. The van der Waals surface area contributed by atoms with Crippen molar-refractivity contribution in [1.29, 1.82) is 0 Å². The average Bonchev–Trinajstić information content (AvgIpc) is 3.09. The number of H-pyrrole nitrogens is 1. The van der Waals surface area contributed by atoms with Crippen molar-refractivity contribution in [3.05, 3.63) is 30.0 Å². The maximum absolute atomic E-state index is 12.5. The van der Waals surface area contributed by atoms with E-state index in [-0.39, 0.29) is 11.7 Å². The Labute approximate surface area is 152 Å². The summed E-state index contributed by atoms with van der Waals surface area (Å²) in [7, 11) is -3.20. The van der Waals surface area contributed by atoms with Crippen LogP contribution in [-0.4, -0.2) is 51.5 Å². The van der Waals surface area contributed by atoms with E-state index in [2.05, 4.69) is 15.0 Å². The third-order valence-electron chi connectivity index (χ3n) is 5.01. The van der Waals surface area contributed by atoms with E-state index < -0.39 is 10.0 Å². The largest absolute Gasteiger partial charge is 0.346 e. The Morgan fingerprint density at radius 3 is 3.00 bits per heavy atom. The highest BCUT2D eigenvalue weighted by molar-refractivity contribution is 7.89. The third kappa shape index (κ3) is 2.97. The van der Waals surface area contributed by atoms with E-state index in [4.69, 9.17) is 4.98 Å². The number of hydrogen-bond acceptors (Lipinski definition) is 5. The molecule has 26 heavy (non-hydrogen) atoms. The van der Waals surface area contributed by atoms with E-state index in [9.17, 15) is 8.42 Å². The Morgan fingerprint density at radius 1 is 1.35 bits per heavy atom. The summed E-state index contributed by atoms with van der Waals surface area (Å²) in [5.74, 6) is 0.965. The van der Waals surface area contributed by atoms with E-state index in [1.165, 1.54) is 0 Å². The highest BCUT2D eigenvalue weighted by atomic mass is 32.2. The monoisotopic (exact) mass is 373 g/mol. The number of nitrogens with one attached hydrogen (secondary N) is 1. The first kappa shape index (κ1) is 17.4. The van der Waals surface area contributed by atoms with Gasteiger partial charge in [-0.15, -0.1) is 0 Å². The summed E-state index contributed by atoms with van der Waals surface area (Å²) in [4.78, 5) is 16.8. The minimum Gasteiger partial charge on any atom is -0.346 e. The molecule has 138 valence electrons. The molecule has 1 N–H and O–H groups in total. The van der Waals surface area contributed by atoms with Crippen molar-refractivity contribution in [3.8, 4) is 0 Å². The number of pyridine rings is 1. The van der Waals surface area contributed by atoms with Crippen LogP contribution in [0.5, 0.6) is 0 Å². The maximum atomic E-state index is 12.5. The summed E-state index contributed by atoms with van der Waals surface area (Å²) in [6.45, 7) is 4.86. The SMILES string of the molecule is CCCS(=O)(=O)N1CCCC(c2nc(C)nc3cnc4[nH]ccc4c23)C1. The van der Waals surface area contributed by atoms with Gasteiger partial charge in [-0.3, -0.25) is 0 Å². The van der Waals surface area contributed by atoms with E-state index in [1.54, 1.807) is 10.5 Å². The van der Waals surface area contributed by atoms with E-state index in [0.717, 1.165) is 40.5 Å². The van der Waals surface area contributed by atoms with Gasteiger partial charge in [-0.2, -0.15) is 0 Å². The van der Waals surface area contributed by atoms with Crippen LogP contribution in [0.3, 0.4) is 0 Å². The summed E-state index contributed by atoms with van der Waals surface area (Å²) in [5.41, 5.74) is 2.56. The normalized spacial score (nSPS) is 19.4. The van der Waals surface area contributed by atoms with Crippen LogP contribution >= 0.6 is 0 Å². The fraction of sp³-hybridized carbons (Fsp3) is 0.500. The molecule has 1 aliphatic rings. The Kier molecular flexibility index (Phi) is 4.40. The second-order valence-electron chi connectivity index (χ2n) is 6.93. The molecule has 7 nitrogen and oxygen atoms in total. The lowest BCUT2D eigenvalue weighted by molar-refractivity contribution is 0.313. The Bertz CT molecular complexity index is 1060. The van der Waals surface area contributed by atoms with Gasteiger partial charge in [-0.1, -0.05) is 6.92 Å². The number of piperidine rings is 1. The van der Waals surface area contributed by atoms with Gasteiger partial charge in [-0.25, -0.2) is 27.7 Å². The zero-order valence-electron chi connectivity index (χ0n) is 15.1. The van der Waals surface area contributed by atoms with Gasteiger partial charge in [-0.05, 0) is 32.3 Å². The summed E-state index contributed by atoms with van der Waals surface area (Å²) < 4.78 is 26.7. The van der Waals surface area contributed by atoms with Crippen molar-refractivity contribution < 1.29 is 8.42 Å². The third-order valence-corrected chi connectivity index (χ3v) is 7.06. The number of aromatic amines is 1. The molecular formula is C18H23N5O2S. The number of hydrogen-bond donors (Lipinski definition) is 1. The van der Waals surface area contributed by atoms with Crippen LogP contribution in [0.2, 0.25) is 0 Å². The maximum Gasteiger partial charge on any atom is 0.214 e. The number of sulfonamides is 1. The van der Waals surface area contributed by atoms with Crippen LogP contribution in [0.15, 0.2) is 18.5 Å². The predicted molar refractivity (Wildman–Crippen MR) is 102 cm³/mol. The minimum absolute atomic E-state index is 0.0695. The molecule has 0 radical (unpaired) electrons. The molecule has 1 unspecified atom stereocenters. The van der Waals surface area contributed by atoms with Crippen LogP contribution in [0, 0.1) is 6.92 Å². The molecule has 1 atom stereocenters. The van der Waals surface area contributed by atoms with Crippen molar-refractivity contribution in [3.63, 3.8) is 0 Å². The molecule has 3 aromatic rings. The summed E-state index contributed by atoms with van der Waals surface area (Å²) in [6, 6.07) is 1.99. The smallest absolute Gasteiger partial charge is 0.214 e. The van der Waals surface area contributed by atoms with Gasteiger partial charge in [0, 0.05) is 36.0 Å². The Hall–Kier alpha value is -2.06. The first-order chi connectivity index (χ1) is 12.5. The molecule has 0 aromatic carbocycles. The molecule has 0 amide bonds. The Morgan fingerprint density at radius 2 is 2.19 bits per heavy atom. The molecule has 0 spiro atoms. The van der Waals surface area contributed by atoms with Crippen LogP contribution in [0.1, 0.15) is 43.6 Å². The molecule has 4 heterocycles. The van der Waals surface area contributed by atoms with Crippen molar-refractivity contribution in [2.24, 2.45) is 0 Å². The van der Waals surface area contributed by atoms with Crippen molar-refractivity contribution >= 4 is 32.0 Å². The predicted octanol–water partition coefficient (Wildman–Crippen LogP) is 2.73. The van der Waals surface area contributed by atoms with E-state index in [1.807, 2.05) is 26.1 Å². The lowest BCUT2D eigenvalue weighted by Crippen LogP contribution is -2.40. The fourth-order valence-electron chi connectivity index (χ4n) is 3.88. The number of fused-ring (bicyclic) bond motifs is 3. The van der Waals surface area contributed by atoms with Crippen LogP contribution in [-0.2, 0) is 10.0 Å². The van der Waals surface area contributed by atoms with E-state index in [0.29, 0.717) is 25.3 Å². The first-order valence-electron chi connectivity index (χ1n) is 9.07. The van der Waals surface area contributed by atoms with Gasteiger partial charge in [0.25, 0.3) is 0 Å². The van der Waals surface area contributed by atoms with Gasteiger partial charge in [0.05, 0.1) is 23.2 Å². The standard InChI is InChI=1S/C18H23N5O2S/c1-3-9-26(24,25)23-8-4-5-13(11-23)17-16-14-6-7-19-18(14)20-10-15(16)21-12(2)22-17/h6-7,10,13H,3-5,8-9,11H2,1-2H3,(H,19,20). The van der Waals surface area contributed by atoms with Gasteiger partial charge < -0.3 is 4.98 Å². The molecule has 1 aliphatic heterocycles. The molecule has 0 saturated carbocycles. The zero-order valence-corrected chi connectivity index (χ0v) is 15.9. The lowest BCUT2D eigenvalue weighted by atomic mass is 9.92. The molecule has 3 aromatic heterocycles. The summed E-state index contributed by atoms with van der Waals surface area (Å²) >= 11 is 0. The molecule has 0 aliphatic carbocycles. The average molecular weight is 373 g/mol. The number of aryl methyl sites for hydroxylation is 1. The molecule has 4 rings (SSSR count). The molecule has 1 fully saturated rings. The molecule has 1 saturated heterocycles. The number of nitrogens with zero attached hydrogens (tertiary/aromatic N) is 4. The van der Waals surface area contributed by atoms with E-state index >= 15 is 0 Å². The fourth-order valence-corrected chi connectivity index (χ4v) is 5.47. The quantitative estimate of drug-likeness (QED) is 0.759. The molecule has 8 heteroatoms. The summed E-state index contributed by atoms with van der Waals surface area (Å²) in [5, 5.41) is 1.98. The number of aromatic nitrogens is 4. The summed E-state index contributed by atoms with van der Waals surface area (Å²) in [6.07, 6.45) is 6.03. The van der Waals surface area contributed by atoms with Crippen LogP contribution < -0.4 is 0 Å². The molecular weight excluding hydrogens is 350 g/mol. The highest BCUT2D eigenvalue weighted by Gasteiger charge is 2.31. The second-order valence-corrected chi connectivity index (χ2v) is 9.02. The van der Waals surface area contributed by atoms with Crippen LogP contribution in [0.4, 0.5) is 0 Å². The van der Waals surface area contributed by atoms with Gasteiger partial charge >= 0.3 is 0 Å².